The van der Waals surface area contributed by atoms with E-state index in [-0.39, 0.29) is 5.91 Å². The fourth-order valence-electron chi connectivity index (χ4n) is 2.18. The molecule has 0 unspecified atom stereocenters. The number of H-pyrrole nitrogens is 1. The summed E-state index contributed by atoms with van der Waals surface area (Å²) < 4.78 is 36.4. The van der Waals surface area contributed by atoms with E-state index >= 15 is 0 Å². The van der Waals surface area contributed by atoms with Crippen LogP contribution in [0.5, 0.6) is 0 Å². The number of carbonyl (C=O) groups excluding carboxylic acids is 1. The van der Waals surface area contributed by atoms with Crippen molar-refractivity contribution < 1.29 is 32.5 Å². The van der Waals surface area contributed by atoms with Crippen LogP contribution in [0.3, 0.4) is 0 Å². The van der Waals surface area contributed by atoms with Gasteiger partial charge >= 0.3 is 12.1 Å². The Bertz CT molecular complexity index is 970. The molecule has 0 saturated heterocycles. The number of rotatable bonds is 4. The van der Waals surface area contributed by atoms with Crippen molar-refractivity contribution in [3.05, 3.63) is 53.6 Å². The zero-order chi connectivity index (χ0) is 21.6. The number of aliphatic carboxylic acids is 1. The van der Waals surface area contributed by atoms with Crippen molar-refractivity contribution in [2.24, 2.45) is 0 Å². The summed E-state index contributed by atoms with van der Waals surface area (Å²) in [5, 5.41) is 14.7. The molecule has 3 aromatic rings. The molecule has 12 heteroatoms. The zero-order valence-electron chi connectivity index (χ0n) is 15.3. The van der Waals surface area contributed by atoms with Gasteiger partial charge in [0.05, 0.1) is 12.1 Å². The van der Waals surface area contributed by atoms with Crippen molar-refractivity contribution in [1.29, 1.82) is 0 Å². The summed E-state index contributed by atoms with van der Waals surface area (Å²) in [4.78, 5) is 30.4. The number of nitrogens with one attached hydrogen (secondary N) is 1. The van der Waals surface area contributed by atoms with Crippen LogP contribution in [-0.4, -0.2) is 55.4 Å². The van der Waals surface area contributed by atoms with Crippen molar-refractivity contribution in [1.82, 2.24) is 25.2 Å². The Kier molecular flexibility index (Phi) is 6.70. The highest BCUT2D eigenvalue weighted by molar-refractivity contribution is 5.99. The van der Waals surface area contributed by atoms with Crippen LogP contribution < -0.4 is 0 Å². The molecule has 0 aliphatic carbocycles. The SMILES string of the molecule is Cc1nonc1CN(C)C(=O)c1ccccc1-c1ncc[nH]1.O=C(O)C(F)(F)F. The molecular weight excluding hydrogens is 395 g/mol. The topological polar surface area (TPSA) is 125 Å². The highest BCUT2D eigenvalue weighted by Crippen LogP contribution is 2.21. The third-order valence-corrected chi connectivity index (χ3v) is 3.63. The minimum Gasteiger partial charge on any atom is -0.475 e. The monoisotopic (exact) mass is 411 g/mol. The fourth-order valence-corrected chi connectivity index (χ4v) is 2.18. The van der Waals surface area contributed by atoms with Gasteiger partial charge in [-0.2, -0.15) is 13.2 Å². The van der Waals surface area contributed by atoms with Crippen LogP contribution >= 0.6 is 0 Å². The molecule has 0 aliphatic rings. The minimum absolute atomic E-state index is 0.116. The molecule has 2 aromatic heterocycles. The van der Waals surface area contributed by atoms with Gasteiger partial charge in [-0.1, -0.05) is 28.5 Å². The molecule has 0 fully saturated rings. The molecule has 3 rings (SSSR count). The number of nitrogens with zero attached hydrogens (tertiary/aromatic N) is 4. The number of aromatic amines is 1. The molecule has 29 heavy (non-hydrogen) atoms. The van der Waals surface area contributed by atoms with Crippen molar-refractivity contribution in [3.8, 4) is 11.4 Å². The number of hydrogen-bond acceptors (Lipinski definition) is 6. The normalized spacial score (nSPS) is 10.8. The molecule has 0 saturated carbocycles. The van der Waals surface area contributed by atoms with Crippen LogP contribution in [0.4, 0.5) is 13.2 Å². The molecule has 9 nitrogen and oxygen atoms in total. The van der Waals surface area contributed by atoms with Gasteiger partial charge < -0.3 is 15.0 Å². The Morgan fingerprint density at radius 2 is 1.90 bits per heavy atom. The van der Waals surface area contributed by atoms with E-state index in [1.54, 1.807) is 37.3 Å². The number of carbonyl (C=O) groups is 2. The number of halogens is 3. The number of aryl methyl sites for hydroxylation is 1. The van der Waals surface area contributed by atoms with E-state index < -0.39 is 12.1 Å². The number of carboxylic acid groups (broad SMARTS) is 1. The van der Waals surface area contributed by atoms with Gasteiger partial charge in [0.2, 0.25) is 0 Å². The number of hydrogen-bond donors (Lipinski definition) is 2. The first-order valence-corrected chi connectivity index (χ1v) is 8.03. The van der Waals surface area contributed by atoms with Gasteiger partial charge in [-0.05, 0) is 13.0 Å². The molecule has 1 amide bonds. The van der Waals surface area contributed by atoms with Gasteiger partial charge in [0.1, 0.15) is 17.2 Å². The van der Waals surface area contributed by atoms with Crippen LogP contribution in [0.15, 0.2) is 41.3 Å². The van der Waals surface area contributed by atoms with Crippen molar-refractivity contribution >= 4 is 11.9 Å². The summed E-state index contributed by atoms with van der Waals surface area (Å²) in [6.07, 6.45) is -1.70. The van der Waals surface area contributed by atoms with Crippen molar-refractivity contribution in [2.75, 3.05) is 7.05 Å². The van der Waals surface area contributed by atoms with Gasteiger partial charge in [0.15, 0.2) is 0 Å². The highest BCUT2D eigenvalue weighted by Gasteiger charge is 2.38. The van der Waals surface area contributed by atoms with Gasteiger partial charge in [-0.25, -0.2) is 14.4 Å². The Morgan fingerprint density at radius 1 is 1.24 bits per heavy atom. The second-order valence-corrected chi connectivity index (χ2v) is 5.74. The zero-order valence-corrected chi connectivity index (χ0v) is 15.3. The molecule has 0 radical (unpaired) electrons. The number of benzene rings is 1. The third kappa shape index (κ3) is 5.64. The second-order valence-electron chi connectivity index (χ2n) is 5.74. The average Bonchev–Trinajstić information content (AvgIpc) is 3.33. The maximum absolute atomic E-state index is 12.7. The summed E-state index contributed by atoms with van der Waals surface area (Å²) in [5.41, 5.74) is 2.67. The first-order valence-electron chi connectivity index (χ1n) is 8.03. The lowest BCUT2D eigenvalue weighted by molar-refractivity contribution is -0.192. The maximum Gasteiger partial charge on any atom is 0.490 e. The quantitative estimate of drug-likeness (QED) is 0.676. The molecule has 1 aromatic carbocycles. The lowest BCUT2D eigenvalue weighted by atomic mass is 10.1. The summed E-state index contributed by atoms with van der Waals surface area (Å²) in [5.74, 6) is -2.21. The summed E-state index contributed by atoms with van der Waals surface area (Å²) in [6, 6.07) is 7.35. The van der Waals surface area contributed by atoms with Crippen LogP contribution in [0.2, 0.25) is 0 Å². The van der Waals surface area contributed by atoms with Crippen LogP contribution in [0.25, 0.3) is 11.4 Å². The van der Waals surface area contributed by atoms with E-state index in [9.17, 15) is 18.0 Å². The molecule has 0 atom stereocenters. The van der Waals surface area contributed by atoms with Crippen molar-refractivity contribution in [2.45, 2.75) is 19.6 Å². The Balaban J connectivity index is 0.000000370. The maximum atomic E-state index is 12.7. The molecule has 2 N–H and O–H groups in total. The van der Waals surface area contributed by atoms with E-state index in [0.29, 0.717) is 29.3 Å². The fraction of sp³-hybridized carbons (Fsp3) is 0.235. The van der Waals surface area contributed by atoms with Crippen molar-refractivity contribution in [3.63, 3.8) is 0 Å². The predicted octanol–water partition coefficient (Wildman–Crippen LogP) is 2.67. The molecule has 0 bridgehead atoms. The second kappa shape index (κ2) is 8.99. The summed E-state index contributed by atoms with van der Waals surface area (Å²) in [6.45, 7) is 2.13. The predicted molar refractivity (Wildman–Crippen MR) is 92.5 cm³/mol. The van der Waals surface area contributed by atoms with E-state index in [2.05, 4.69) is 24.9 Å². The van der Waals surface area contributed by atoms with E-state index in [1.807, 2.05) is 18.2 Å². The first kappa shape index (κ1) is 21.6. The molecule has 0 spiro atoms. The summed E-state index contributed by atoms with van der Waals surface area (Å²) >= 11 is 0. The number of alkyl halides is 3. The van der Waals surface area contributed by atoms with E-state index in [4.69, 9.17) is 9.90 Å². The molecular formula is C17H16F3N5O4. The van der Waals surface area contributed by atoms with E-state index in [0.717, 1.165) is 5.56 Å². The highest BCUT2D eigenvalue weighted by atomic mass is 19.4. The third-order valence-electron chi connectivity index (χ3n) is 3.63. The van der Waals surface area contributed by atoms with Gasteiger partial charge in [0, 0.05) is 25.0 Å². The molecule has 154 valence electrons. The Hall–Kier alpha value is -3.70. The van der Waals surface area contributed by atoms with Gasteiger partial charge in [-0.3, -0.25) is 4.79 Å². The standard InChI is InChI=1S/C15H15N5O2.C2HF3O2/c1-10-13(19-22-18-10)9-20(2)15(21)12-6-4-3-5-11(12)14-16-7-8-17-14;3-2(4,5)1(6)7/h3-8H,9H2,1-2H3,(H,16,17);(H,6,7). The minimum atomic E-state index is -5.08. The van der Waals surface area contributed by atoms with Gasteiger partial charge in [-0.15, -0.1) is 0 Å². The van der Waals surface area contributed by atoms with Crippen LogP contribution in [0.1, 0.15) is 21.7 Å². The number of amides is 1. The number of carboxylic acids is 1. The lowest BCUT2D eigenvalue weighted by Crippen LogP contribution is -2.27. The molecule has 2 heterocycles. The number of imidazole rings is 1. The number of aromatic nitrogens is 4. The largest absolute Gasteiger partial charge is 0.490 e. The van der Waals surface area contributed by atoms with Crippen LogP contribution in [-0.2, 0) is 11.3 Å². The Labute approximate surface area is 162 Å². The first-order chi connectivity index (χ1) is 13.6. The van der Waals surface area contributed by atoms with Gasteiger partial charge in [0.25, 0.3) is 5.91 Å². The smallest absolute Gasteiger partial charge is 0.475 e. The average molecular weight is 411 g/mol. The lowest BCUT2D eigenvalue weighted by Gasteiger charge is -2.17. The summed E-state index contributed by atoms with van der Waals surface area (Å²) in [7, 11) is 1.72. The van der Waals surface area contributed by atoms with Crippen LogP contribution in [0, 0.1) is 6.92 Å². The molecule has 0 aliphatic heterocycles. The Morgan fingerprint density at radius 3 is 2.41 bits per heavy atom. The van der Waals surface area contributed by atoms with E-state index in [1.165, 1.54) is 0 Å².